The SMILES string of the molecule is CC(C)C[C@H](CNc1ccccc1)NC(=O)[C@@H]1CCCC[C@@H]1C(N)=O. The van der Waals surface area contributed by atoms with Gasteiger partial charge in [0.25, 0.3) is 0 Å². The van der Waals surface area contributed by atoms with E-state index in [1.807, 2.05) is 30.3 Å². The molecule has 2 rings (SSSR count). The summed E-state index contributed by atoms with van der Waals surface area (Å²) in [5, 5.41) is 6.55. The highest BCUT2D eigenvalue weighted by Crippen LogP contribution is 2.30. The molecule has 1 fully saturated rings. The van der Waals surface area contributed by atoms with Crippen LogP contribution in [0.1, 0.15) is 46.0 Å². The average Bonchev–Trinajstić information content (AvgIpc) is 2.60. The number of hydrogen-bond acceptors (Lipinski definition) is 3. The van der Waals surface area contributed by atoms with Crippen molar-refractivity contribution in [3.05, 3.63) is 30.3 Å². The molecule has 1 saturated carbocycles. The van der Waals surface area contributed by atoms with Crippen LogP contribution in [0, 0.1) is 17.8 Å². The molecule has 2 amide bonds. The Balaban J connectivity index is 1.97. The minimum atomic E-state index is -0.345. The second-order valence-electron chi connectivity index (χ2n) is 7.48. The first-order valence-electron chi connectivity index (χ1n) is 9.36. The van der Waals surface area contributed by atoms with E-state index >= 15 is 0 Å². The van der Waals surface area contributed by atoms with Crippen molar-refractivity contribution in [2.45, 2.75) is 52.0 Å². The third-order valence-electron chi connectivity index (χ3n) is 4.90. The number of amides is 2. The highest BCUT2D eigenvalue weighted by atomic mass is 16.2. The highest BCUT2D eigenvalue weighted by Gasteiger charge is 2.35. The first-order valence-corrected chi connectivity index (χ1v) is 9.36. The van der Waals surface area contributed by atoms with E-state index in [0.717, 1.165) is 37.8 Å². The van der Waals surface area contributed by atoms with Gasteiger partial charge >= 0.3 is 0 Å². The summed E-state index contributed by atoms with van der Waals surface area (Å²) in [4.78, 5) is 24.4. The van der Waals surface area contributed by atoms with Crippen LogP contribution in [0.2, 0.25) is 0 Å². The zero-order valence-electron chi connectivity index (χ0n) is 15.3. The molecule has 0 heterocycles. The van der Waals surface area contributed by atoms with Gasteiger partial charge in [-0.25, -0.2) is 0 Å². The summed E-state index contributed by atoms with van der Waals surface area (Å²) in [6.07, 6.45) is 4.32. The molecular formula is C20H31N3O2. The minimum Gasteiger partial charge on any atom is -0.383 e. The molecule has 0 aliphatic heterocycles. The van der Waals surface area contributed by atoms with Crippen LogP contribution in [0.5, 0.6) is 0 Å². The Morgan fingerprint density at radius 1 is 1.12 bits per heavy atom. The molecule has 0 unspecified atom stereocenters. The van der Waals surface area contributed by atoms with Crippen LogP contribution in [-0.4, -0.2) is 24.4 Å². The number of para-hydroxylation sites is 1. The van der Waals surface area contributed by atoms with Gasteiger partial charge in [-0.05, 0) is 37.3 Å². The fourth-order valence-electron chi connectivity index (χ4n) is 3.65. The molecule has 25 heavy (non-hydrogen) atoms. The topological polar surface area (TPSA) is 84.2 Å². The summed E-state index contributed by atoms with van der Waals surface area (Å²) in [7, 11) is 0. The lowest BCUT2D eigenvalue weighted by molar-refractivity contribution is -0.135. The van der Waals surface area contributed by atoms with Gasteiger partial charge in [-0.2, -0.15) is 0 Å². The number of carbonyl (C=O) groups is 2. The highest BCUT2D eigenvalue weighted by molar-refractivity contribution is 5.87. The zero-order valence-corrected chi connectivity index (χ0v) is 15.3. The number of primary amides is 1. The number of hydrogen-bond donors (Lipinski definition) is 3. The van der Waals surface area contributed by atoms with E-state index < -0.39 is 0 Å². The molecular weight excluding hydrogens is 314 g/mol. The molecule has 0 spiro atoms. The van der Waals surface area contributed by atoms with Gasteiger partial charge in [-0.15, -0.1) is 0 Å². The molecule has 4 N–H and O–H groups in total. The Morgan fingerprint density at radius 3 is 2.36 bits per heavy atom. The van der Waals surface area contributed by atoms with Crippen molar-refractivity contribution < 1.29 is 9.59 Å². The van der Waals surface area contributed by atoms with E-state index in [4.69, 9.17) is 5.73 Å². The van der Waals surface area contributed by atoms with E-state index in [1.165, 1.54) is 0 Å². The largest absolute Gasteiger partial charge is 0.383 e. The molecule has 138 valence electrons. The molecule has 0 radical (unpaired) electrons. The third-order valence-corrected chi connectivity index (χ3v) is 4.90. The summed E-state index contributed by atoms with van der Waals surface area (Å²) >= 11 is 0. The number of carbonyl (C=O) groups excluding carboxylic acids is 2. The van der Waals surface area contributed by atoms with Crippen LogP contribution in [0.3, 0.4) is 0 Å². The minimum absolute atomic E-state index is 0.0241. The van der Waals surface area contributed by atoms with Crippen LogP contribution < -0.4 is 16.4 Å². The quantitative estimate of drug-likeness (QED) is 0.677. The van der Waals surface area contributed by atoms with Gasteiger partial charge in [0, 0.05) is 30.1 Å². The van der Waals surface area contributed by atoms with Crippen molar-refractivity contribution >= 4 is 17.5 Å². The van der Waals surface area contributed by atoms with Gasteiger partial charge in [-0.3, -0.25) is 9.59 Å². The molecule has 1 aliphatic rings. The summed E-state index contributed by atoms with van der Waals surface area (Å²) < 4.78 is 0. The van der Waals surface area contributed by atoms with Crippen molar-refractivity contribution in [3.63, 3.8) is 0 Å². The van der Waals surface area contributed by atoms with Crippen molar-refractivity contribution in [3.8, 4) is 0 Å². The molecule has 1 aromatic rings. The normalized spacial score (nSPS) is 21.6. The predicted molar refractivity (Wildman–Crippen MR) is 101 cm³/mol. The molecule has 1 aromatic carbocycles. The van der Waals surface area contributed by atoms with Crippen LogP contribution in [0.4, 0.5) is 5.69 Å². The number of nitrogens with one attached hydrogen (secondary N) is 2. The fraction of sp³-hybridized carbons (Fsp3) is 0.600. The monoisotopic (exact) mass is 345 g/mol. The van der Waals surface area contributed by atoms with Gasteiger partial charge in [0.1, 0.15) is 0 Å². The molecule has 1 aliphatic carbocycles. The lowest BCUT2D eigenvalue weighted by atomic mass is 9.78. The summed E-state index contributed by atoms with van der Waals surface area (Å²) in [5.74, 6) is -0.499. The van der Waals surface area contributed by atoms with Gasteiger partial charge in [-0.1, -0.05) is 44.9 Å². The van der Waals surface area contributed by atoms with E-state index in [-0.39, 0.29) is 29.7 Å². The number of rotatable bonds is 8. The maximum atomic E-state index is 12.8. The first kappa shape index (κ1) is 19.3. The first-order chi connectivity index (χ1) is 12.0. The Hall–Kier alpha value is -2.04. The maximum absolute atomic E-state index is 12.8. The van der Waals surface area contributed by atoms with Crippen LogP contribution in [0.15, 0.2) is 30.3 Å². The van der Waals surface area contributed by atoms with E-state index in [1.54, 1.807) is 0 Å². The molecule has 3 atom stereocenters. The maximum Gasteiger partial charge on any atom is 0.224 e. The van der Waals surface area contributed by atoms with Crippen molar-refractivity contribution in [1.82, 2.24) is 5.32 Å². The molecule has 0 aromatic heterocycles. The van der Waals surface area contributed by atoms with E-state index in [2.05, 4.69) is 24.5 Å². The zero-order chi connectivity index (χ0) is 18.2. The Morgan fingerprint density at radius 2 is 1.76 bits per heavy atom. The van der Waals surface area contributed by atoms with Gasteiger partial charge in [0.15, 0.2) is 0 Å². The number of nitrogens with two attached hydrogens (primary N) is 1. The van der Waals surface area contributed by atoms with Crippen LogP contribution in [0.25, 0.3) is 0 Å². The van der Waals surface area contributed by atoms with Crippen molar-refractivity contribution in [1.29, 1.82) is 0 Å². The molecule has 0 saturated heterocycles. The van der Waals surface area contributed by atoms with Crippen LogP contribution in [-0.2, 0) is 9.59 Å². The summed E-state index contributed by atoms with van der Waals surface area (Å²) in [6.45, 7) is 4.96. The van der Waals surface area contributed by atoms with Gasteiger partial charge in [0.2, 0.25) is 11.8 Å². The molecule has 5 nitrogen and oxygen atoms in total. The van der Waals surface area contributed by atoms with Crippen molar-refractivity contribution in [2.75, 3.05) is 11.9 Å². The number of anilines is 1. The third kappa shape index (κ3) is 6.07. The van der Waals surface area contributed by atoms with E-state index in [9.17, 15) is 9.59 Å². The lowest BCUT2D eigenvalue weighted by Crippen LogP contribution is -2.47. The number of benzene rings is 1. The second-order valence-corrected chi connectivity index (χ2v) is 7.48. The van der Waals surface area contributed by atoms with E-state index in [0.29, 0.717) is 12.5 Å². The standard InChI is InChI=1S/C20H31N3O2/c1-14(2)12-16(13-22-15-8-4-3-5-9-15)23-20(25)18-11-7-6-10-17(18)19(21)24/h3-5,8-9,14,16-18,22H,6-7,10-13H2,1-2H3,(H2,21,24)(H,23,25)/t16-,17+,18-/m1/s1. The molecule has 0 bridgehead atoms. The van der Waals surface area contributed by atoms with Gasteiger partial charge < -0.3 is 16.4 Å². The molecule has 5 heteroatoms. The second kappa shape index (κ2) is 9.44. The van der Waals surface area contributed by atoms with Crippen molar-refractivity contribution in [2.24, 2.45) is 23.5 Å². The Kier molecular flexibility index (Phi) is 7.29. The fourth-order valence-corrected chi connectivity index (χ4v) is 3.65. The Labute approximate surface area is 150 Å². The smallest absolute Gasteiger partial charge is 0.224 e. The lowest BCUT2D eigenvalue weighted by Gasteiger charge is -2.30. The van der Waals surface area contributed by atoms with Gasteiger partial charge in [0.05, 0.1) is 0 Å². The van der Waals surface area contributed by atoms with Crippen LogP contribution >= 0.6 is 0 Å². The predicted octanol–water partition coefficient (Wildman–Crippen LogP) is 2.92. The summed E-state index contributed by atoms with van der Waals surface area (Å²) in [6, 6.07) is 10.0. The summed E-state index contributed by atoms with van der Waals surface area (Å²) in [5.41, 5.74) is 6.55. The Bertz CT molecular complexity index is 559. The average molecular weight is 345 g/mol.